The zero-order valence-corrected chi connectivity index (χ0v) is 10.6. The Morgan fingerprint density at radius 3 is 1.95 bits per heavy atom. The minimum absolute atomic E-state index is 0.0765. The summed E-state index contributed by atoms with van der Waals surface area (Å²) in [4.78, 5) is 24.3. The molecule has 3 N–H and O–H groups in total. The summed E-state index contributed by atoms with van der Waals surface area (Å²) in [5.74, 6) is -4.10. The van der Waals surface area contributed by atoms with Gasteiger partial charge in [-0.05, 0) is 30.4 Å². The Labute approximate surface area is 110 Å². The third kappa shape index (κ3) is 1.45. The van der Waals surface area contributed by atoms with Gasteiger partial charge in [0, 0.05) is 5.92 Å². The standard InChI is InChI=1S/C14H16O5/c1-5-10(15)8-9(14(19)11(5)16)13(18)7-4-2-3-6(7)12(8)17/h5,8-9,11,16-18H,2-4H2,1H3. The summed E-state index contributed by atoms with van der Waals surface area (Å²) >= 11 is 0. The van der Waals surface area contributed by atoms with Gasteiger partial charge in [0.1, 0.15) is 17.6 Å². The van der Waals surface area contributed by atoms with Gasteiger partial charge in [-0.1, -0.05) is 6.92 Å². The van der Waals surface area contributed by atoms with E-state index in [9.17, 15) is 24.9 Å². The number of aliphatic hydroxyl groups excluding tert-OH is 3. The van der Waals surface area contributed by atoms with Crippen molar-refractivity contribution in [3.05, 3.63) is 22.7 Å². The SMILES string of the molecule is CC1C(=O)C2C(O)=C3CCCC3=C(O)C2C(=O)C1O. The molecule has 3 aliphatic carbocycles. The van der Waals surface area contributed by atoms with E-state index in [-0.39, 0.29) is 17.3 Å². The van der Waals surface area contributed by atoms with Crippen molar-refractivity contribution < 1.29 is 24.9 Å². The van der Waals surface area contributed by atoms with E-state index in [1.807, 2.05) is 0 Å². The fourth-order valence-corrected chi connectivity index (χ4v) is 3.47. The normalized spacial score (nSPS) is 38.6. The topological polar surface area (TPSA) is 94.8 Å². The van der Waals surface area contributed by atoms with Crippen LogP contribution in [-0.2, 0) is 9.59 Å². The first kappa shape index (κ1) is 12.4. The first-order valence-corrected chi connectivity index (χ1v) is 6.55. The second-order valence-corrected chi connectivity index (χ2v) is 5.57. The molecule has 0 spiro atoms. The molecule has 3 rings (SSSR count). The molecule has 102 valence electrons. The Bertz CT molecular complexity index is 494. The van der Waals surface area contributed by atoms with Crippen LogP contribution >= 0.6 is 0 Å². The van der Waals surface area contributed by atoms with E-state index in [1.54, 1.807) is 0 Å². The molecule has 19 heavy (non-hydrogen) atoms. The Morgan fingerprint density at radius 1 is 0.947 bits per heavy atom. The lowest BCUT2D eigenvalue weighted by Crippen LogP contribution is -2.52. The highest BCUT2D eigenvalue weighted by atomic mass is 16.3. The minimum atomic E-state index is -1.40. The van der Waals surface area contributed by atoms with Crippen molar-refractivity contribution in [1.29, 1.82) is 0 Å². The van der Waals surface area contributed by atoms with Gasteiger partial charge in [0.25, 0.3) is 0 Å². The molecule has 0 aliphatic heterocycles. The van der Waals surface area contributed by atoms with E-state index in [4.69, 9.17) is 0 Å². The van der Waals surface area contributed by atoms with Gasteiger partial charge in [0.05, 0.1) is 11.8 Å². The Kier molecular flexibility index (Phi) is 2.57. The molecule has 4 atom stereocenters. The maximum atomic E-state index is 12.2. The van der Waals surface area contributed by atoms with Crippen LogP contribution in [0, 0.1) is 17.8 Å². The third-order valence-corrected chi connectivity index (χ3v) is 4.59. The van der Waals surface area contributed by atoms with E-state index < -0.39 is 29.6 Å². The molecule has 0 aromatic carbocycles. The molecule has 5 nitrogen and oxygen atoms in total. The Morgan fingerprint density at radius 2 is 1.42 bits per heavy atom. The van der Waals surface area contributed by atoms with Crippen LogP contribution < -0.4 is 0 Å². The van der Waals surface area contributed by atoms with Crippen molar-refractivity contribution >= 4 is 11.6 Å². The van der Waals surface area contributed by atoms with Crippen LogP contribution in [0.4, 0.5) is 0 Å². The summed E-state index contributed by atoms with van der Waals surface area (Å²) in [7, 11) is 0. The molecule has 2 fully saturated rings. The molecule has 0 bridgehead atoms. The van der Waals surface area contributed by atoms with E-state index >= 15 is 0 Å². The molecule has 4 unspecified atom stereocenters. The van der Waals surface area contributed by atoms with E-state index in [1.165, 1.54) is 6.92 Å². The van der Waals surface area contributed by atoms with E-state index in [0.29, 0.717) is 24.0 Å². The molecule has 0 heterocycles. The van der Waals surface area contributed by atoms with Gasteiger partial charge in [0.15, 0.2) is 11.6 Å². The van der Waals surface area contributed by atoms with Crippen LogP contribution in [0.1, 0.15) is 26.2 Å². The van der Waals surface area contributed by atoms with Crippen LogP contribution in [0.15, 0.2) is 22.7 Å². The molecule has 2 saturated carbocycles. The van der Waals surface area contributed by atoms with Gasteiger partial charge in [-0.25, -0.2) is 0 Å². The minimum Gasteiger partial charge on any atom is -0.511 e. The number of carbonyl (C=O) groups is 2. The van der Waals surface area contributed by atoms with Gasteiger partial charge >= 0.3 is 0 Å². The van der Waals surface area contributed by atoms with Gasteiger partial charge in [-0.15, -0.1) is 0 Å². The number of allylic oxidation sites excluding steroid dienone is 4. The highest BCUT2D eigenvalue weighted by Crippen LogP contribution is 2.48. The molecule has 5 heteroatoms. The van der Waals surface area contributed by atoms with Crippen LogP contribution in [0.5, 0.6) is 0 Å². The van der Waals surface area contributed by atoms with Crippen LogP contribution in [0.2, 0.25) is 0 Å². The first-order chi connectivity index (χ1) is 8.95. The molecule has 0 amide bonds. The predicted octanol–water partition coefficient (Wildman–Crippen LogP) is 1.19. The van der Waals surface area contributed by atoms with Crippen LogP contribution in [0.3, 0.4) is 0 Å². The number of carbonyl (C=O) groups excluding carboxylic acids is 2. The molecule has 0 radical (unpaired) electrons. The fraction of sp³-hybridized carbons (Fsp3) is 0.571. The second-order valence-electron chi connectivity index (χ2n) is 5.57. The number of hydrogen-bond donors (Lipinski definition) is 3. The summed E-state index contributed by atoms with van der Waals surface area (Å²) in [5.41, 5.74) is 1.20. The zero-order chi connectivity index (χ0) is 13.9. The number of rotatable bonds is 0. The van der Waals surface area contributed by atoms with Gasteiger partial charge in [-0.3, -0.25) is 9.59 Å². The summed E-state index contributed by atoms with van der Waals surface area (Å²) in [6.07, 6.45) is 0.611. The molecule has 0 aromatic rings. The van der Waals surface area contributed by atoms with Crippen molar-refractivity contribution in [2.45, 2.75) is 32.3 Å². The lowest BCUT2D eigenvalue weighted by atomic mass is 9.66. The van der Waals surface area contributed by atoms with Crippen molar-refractivity contribution in [3.8, 4) is 0 Å². The van der Waals surface area contributed by atoms with Gasteiger partial charge < -0.3 is 15.3 Å². The molecular weight excluding hydrogens is 248 g/mol. The fourth-order valence-electron chi connectivity index (χ4n) is 3.47. The monoisotopic (exact) mass is 264 g/mol. The average molecular weight is 264 g/mol. The molecule has 0 aromatic heterocycles. The van der Waals surface area contributed by atoms with E-state index in [0.717, 1.165) is 6.42 Å². The molecule has 3 aliphatic rings. The lowest BCUT2D eigenvalue weighted by molar-refractivity contribution is -0.151. The number of hydrogen-bond acceptors (Lipinski definition) is 5. The van der Waals surface area contributed by atoms with Crippen molar-refractivity contribution in [2.75, 3.05) is 0 Å². The number of fused-ring (bicyclic) bond motifs is 2. The summed E-state index contributed by atoms with van der Waals surface area (Å²) in [6.45, 7) is 1.48. The Hall–Kier alpha value is -1.62. The molecule has 0 saturated heterocycles. The van der Waals surface area contributed by atoms with Crippen LogP contribution in [-0.4, -0.2) is 33.0 Å². The van der Waals surface area contributed by atoms with Gasteiger partial charge in [-0.2, -0.15) is 0 Å². The van der Waals surface area contributed by atoms with Crippen LogP contribution in [0.25, 0.3) is 0 Å². The number of Topliss-reactive ketones (excluding diaryl/α,β-unsaturated/α-hetero) is 2. The third-order valence-electron chi connectivity index (χ3n) is 4.59. The predicted molar refractivity (Wildman–Crippen MR) is 65.3 cm³/mol. The smallest absolute Gasteiger partial charge is 0.173 e. The highest BCUT2D eigenvalue weighted by molar-refractivity contribution is 6.03. The zero-order valence-electron chi connectivity index (χ0n) is 10.6. The highest BCUT2D eigenvalue weighted by Gasteiger charge is 2.54. The number of aliphatic hydroxyl groups is 3. The van der Waals surface area contributed by atoms with Crippen molar-refractivity contribution in [1.82, 2.24) is 0 Å². The van der Waals surface area contributed by atoms with Crippen molar-refractivity contribution in [2.24, 2.45) is 17.8 Å². The quantitative estimate of drug-likeness (QED) is 0.611. The molecular formula is C14H16O5. The number of ketones is 2. The second kappa shape index (κ2) is 3.93. The Balaban J connectivity index is 2.17. The van der Waals surface area contributed by atoms with Gasteiger partial charge in [0.2, 0.25) is 0 Å². The largest absolute Gasteiger partial charge is 0.511 e. The maximum Gasteiger partial charge on any atom is 0.173 e. The lowest BCUT2D eigenvalue weighted by Gasteiger charge is -2.38. The van der Waals surface area contributed by atoms with Crippen molar-refractivity contribution in [3.63, 3.8) is 0 Å². The average Bonchev–Trinajstić information content (AvgIpc) is 2.87. The maximum absolute atomic E-state index is 12.2. The summed E-state index contributed by atoms with van der Waals surface area (Å²) < 4.78 is 0. The summed E-state index contributed by atoms with van der Waals surface area (Å²) in [5, 5.41) is 30.3. The first-order valence-electron chi connectivity index (χ1n) is 6.55. The van der Waals surface area contributed by atoms with E-state index in [2.05, 4.69) is 0 Å². The summed E-state index contributed by atoms with van der Waals surface area (Å²) in [6, 6.07) is 0.